The molecule has 20 heavy (non-hydrogen) atoms. The molecule has 0 amide bonds. The number of esters is 1. The number of anilines is 1. The van der Waals surface area contributed by atoms with Gasteiger partial charge in [0.2, 0.25) is 0 Å². The molecule has 0 aliphatic heterocycles. The number of carbonyl (C=O) groups is 1. The van der Waals surface area contributed by atoms with Gasteiger partial charge in [-0.2, -0.15) is 0 Å². The van der Waals surface area contributed by atoms with Crippen LogP contribution in [-0.2, 0) is 4.74 Å². The predicted molar refractivity (Wildman–Crippen MR) is 82.4 cm³/mol. The highest BCUT2D eigenvalue weighted by Crippen LogP contribution is 2.33. The third kappa shape index (κ3) is 3.68. The second-order valence-electron chi connectivity index (χ2n) is 4.03. The van der Waals surface area contributed by atoms with Gasteiger partial charge >= 0.3 is 5.97 Å². The molecule has 0 spiro atoms. The largest absolute Gasteiger partial charge is 0.462 e. The van der Waals surface area contributed by atoms with Crippen LogP contribution in [0.5, 0.6) is 0 Å². The lowest BCUT2D eigenvalue weighted by molar-refractivity contribution is 0.0526. The molecule has 0 atom stereocenters. The molecule has 2 aromatic carbocycles. The Labute approximate surface area is 127 Å². The standard InChI is InChI=1S/C15H14ClNO2S/c1-2-19-15(18)10-6-7-13(17)14(8-10)20-12-5-3-4-11(16)9-12/h3-9H,2,17H2,1H3. The number of hydrogen-bond donors (Lipinski definition) is 1. The van der Waals surface area contributed by atoms with E-state index >= 15 is 0 Å². The second-order valence-corrected chi connectivity index (χ2v) is 5.58. The molecule has 104 valence electrons. The predicted octanol–water partition coefficient (Wildman–Crippen LogP) is 4.25. The fraction of sp³-hybridized carbons (Fsp3) is 0.133. The summed E-state index contributed by atoms with van der Waals surface area (Å²) in [5, 5.41) is 0.662. The van der Waals surface area contributed by atoms with Crippen LogP contribution in [0, 0.1) is 0 Å². The Morgan fingerprint density at radius 3 is 2.80 bits per heavy atom. The molecule has 0 fully saturated rings. The lowest BCUT2D eigenvalue weighted by Gasteiger charge is -2.08. The van der Waals surface area contributed by atoms with Crippen LogP contribution in [0.25, 0.3) is 0 Å². The molecule has 2 rings (SSSR count). The molecule has 0 aliphatic rings. The number of carbonyl (C=O) groups excluding carboxylic acids is 1. The van der Waals surface area contributed by atoms with Gasteiger partial charge in [-0.15, -0.1) is 0 Å². The van der Waals surface area contributed by atoms with Gasteiger partial charge in [-0.3, -0.25) is 0 Å². The molecule has 2 N–H and O–H groups in total. The molecule has 0 aromatic heterocycles. The highest BCUT2D eigenvalue weighted by atomic mass is 35.5. The topological polar surface area (TPSA) is 52.3 Å². The van der Waals surface area contributed by atoms with E-state index in [1.54, 1.807) is 25.1 Å². The van der Waals surface area contributed by atoms with E-state index in [0.717, 1.165) is 9.79 Å². The molecular weight excluding hydrogens is 294 g/mol. The normalized spacial score (nSPS) is 10.3. The SMILES string of the molecule is CCOC(=O)c1ccc(N)c(Sc2cccc(Cl)c2)c1. The van der Waals surface area contributed by atoms with Crippen LogP contribution in [0.2, 0.25) is 5.02 Å². The number of ether oxygens (including phenoxy) is 1. The van der Waals surface area contributed by atoms with E-state index in [4.69, 9.17) is 22.1 Å². The van der Waals surface area contributed by atoms with Crippen molar-refractivity contribution in [2.24, 2.45) is 0 Å². The molecule has 0 radical (unpaired) electrons. The van der Waals surface area contributed by atoms with E-state index in [2.05, 4.69) is 0 Å². The third-order valence-electron chi connectivity index (χ3n) is 2.55. The Morgan fingerprint density at radius 2 is 2.10 bits per heavy atom. The van der Waals surface area contributed by atoms with E-state index in [0.29, 0.717) is 22.9 Å². The van der Waals surface area contributed by atoms with Gasteiger partial charge in [0, 0.05) is 20.5 Å². The van der Waals surface area contributed by atoms with Crippen molar-refractivity contribution in [3.05, 3.63) is 53.1 Å². The molecule has 0 heterocycles. The first-order chi connectivity index (χ1) is 9.60. The number of nitrogens with two attached hydrogens (primary N) is 1. The summed E-state index contributed by atoms with van der Waals surface area (Å²) in [6, 6.07) is 12.6. The molecule has 0 unspecified atom stereocenters. The summed E-state index contributed by atoms with van der Waals surface area (Å²) < 4.78 is 4.98. The van der Waals surface area contributed by atoms with Crippen molar-refractivity contribution < 1.29 is 9.53 Å². The monoisotopic (exact) mass is 307 g/mol. The van der Waals surface area contributed by atoms with Crippen molar-refractivity contribution in [1.82, 2.24) is 0 Å². The number of rotatable bonds is 4. The van der Waals surface area contributed by atoms with Crippen LogP contribution in [0.15, 0.2) is 52.3 Å². The average Bonchev–Trinajstić information content (AvgIpc) is 2.41. The van der Waals surface area contributed by atoms with Crippen molar-refractivity contribution >= 4 is 35.0 Å². The summed E-state index contributed by atoms with van der Waals surface area (Å²) in [4.78, 5) is 13.5. The van der Waals surface area contributed by atoms with Gasteiger partial charge in [0.15, 0.2) is 0 Å². The minimum absolute atomic E-state index is 0.347. The molecule has 0 bridgehead atoms. The van der Waals surface area contributed by atoms with E-state index in [9.17, 15) is 4.79 Å². The van der Waals surface area contributed by atoms with Gasteiger partial charge in [-0.05, 0) is 43.3 Å². The Bertz CT molecular complexity index is 631. The van der Waals surface area contributed by atoms with Crippen molar-refractivity contribution in [3.8, 4) is 0 Å². The number of hydrogen-bond acceptors (Lipinski definition) is 4. The lowest BCUT2D eigenvalue weighted by Crippen LogP contribution is -2.05. The second kappa shape index (κ2) is 6.68. The molecule has 0 saturated carbocycles. The minimum Gasteiger partial charge on any atom is -0.462 e. The molecule has 0 saturated heterocycles. The van der Waals surface area contributed by atoms with Crippen LogP contribution < -0.4 is 5.73 Å². The van der Waals surface area contributed by atoms with Gasteiger partial charge in [-0.25, -0.2) is 4.79 Å². The molecule has 3 nitrogen and oxygen atoms in total. The average molecular weight is 308 g/mol. The van der Waals surface area contributed by atoms with Gasteiger partial charge < -0.3 is 10.5 Å². The fourth-order valence-corrected chi connectivity index (χ4v) is 2.83. The van der Waals surface area contributed by atoms with E-state index in [-0.39, 0.29) is 5.97 Å². The zero-order valence-electron chi connectivity index (χ0n) is 10.9. The minimum atomic E-state index is -0.347. The van der Waals surface area contributed by atoms with Crippen molar-refractivity contribution in [1.29, 1.82) is 0 Å². The van der Waals surface area contributed by atoms with Crippen LogP contribution >= 0.6 is 23.4 Å². The number of halogens is 1. The van der Waals surface area contributed by atoms with E-state index in [1.807, 2.05) is 24.3 Å². The van der Waals surface area contributed by atoms with Gasteiger partial charge in [-0.1, -0.05) is 29.4 Å². The highest BCUT2D eigenvalue weighted by molar-refractivity contribution is 7.99. The Hall–Kier alpha value is -1.65. The molecule has 2 aromatic rings. The smallest absolute Gasteiger partial charge is 0.338 e. The quantitative estimate of drug-likeness (QED) is 0.677. The van der Waals surface area contributed by atoms with Gasteiger partial charge in [0.25, 0.3) is 0 Å². The Kier molecular flexibility index (Phi) is 4.93. The summed E-state index contributed by atoms with van der Waals surface area (Å²) in [6.45, 7) is 2.12. The Morgan fingerprint density at radius 1 is 1.30 bits per heavy atom. The summed E-state index contributed by atoms with van der Waals surface area (Å²) in [6.07, 6.45) is 0. The van der Waals surface area contributed by atoms with E-state index < -0.39 is 0 Å². The van der Waals surface area contributed by atoms with Crippen molar-refractivity contribution in [2.45, 2.75) is 16.7 Å². The van der Waals surface area contributed by atoms with Crippen LogP contribution in [0.4, 0.5) is 5.69 Å². The van der Waals surface area contributed by atoms with Crippen molar-refractivity contribution in [3.63, 3.8) is 0 Å². The number of benzene rings is 2. The molecule has 0 aliphatic carbocycles. The first-order valence-electron chi connectivity index (χ1n) is 6.10. The first-order valence-corrected chi connectivity index (χ1v) is 7.29. The number of nitrogen functional groups attached to an aromatic ring is 1. The zero-order chi connectivity index (χ0) is 14.5. The maximum absolute atomic E-state index is 11.7. The fourth-order valence-electron chi connectivity index (χ4n) is 1.62. The maximum Gasteiger partial charge on any atom is 0.338 e. The van der Waals surface area contributed by atoms with Crippen LogP contribution in [-0.4, -0.2) is 12.6 Å². The third-order valence-corrected chi connectivity index (χ3v) is 3.85. The first kappa shape index (κ1) is 14.8. The van der Waals surface area contributed by atoms with Crippen LogP contribution in [0.3, 0.4) is 0 Å². The van der Waals surface area contributed by atoms with Crippen molar-refractivity contribution in [2.75, 3.05) is 12.3 Å². The maximum atomic E-state index is 11.7. The molecular formula is C15H14ClNO2S. The summed E-state index contributed by atoms with van der Waals surface area (Å²) in [5.41, 5.74) is 7.05. The summed E-state index contributed by atoms with van der Waals surface area (Å²) in [7, 11) is 0. The molecule has 5 heteroatoms. The lowest BCUT2D eigenvalue weighted by atomic mass is 10.2. The summed E-state index contributed by atoms with van der Waals surface area (Å²) in [5.74, 6) is -0.347. The zero-order valence-corrected chi connectivity index (χ0v) is 12.5. The summed E-state index contributed by atoms with van der Waals surface area (Å²) >= 11 is 7.42. The highest BCUT2D eigenvalue weighted by Gasteiger charge is 2.10. The van der Waals surface area contributed by atoms with E-state index in [1.165, 1.54) is 11.8 Å². The Balaban J connectivity index is 2.27. The van der Waals surface area contributed by atoms with Crippen LogP contribution in [0.1, 0.15) is 17.3 Å². The van der Waals surface area contributed by atoms with Gasteiger partial charge in [0.05, 0.1) is 12.2 Å². The van der Waals surface area contributed by atoms with Gasteiger partial charge in [0.1, 0.15) is 0 Å².